The fourth-order valence-electron chi connectivity index (χ4n) is 2.33. The summed E-state index contributed by atoms with van der Waals surface area (Å²) >= 11 is 0. The number of aromatic nitrogens is 1. The van der Waals surface area contributed by atoms with Crippen LogP contribution >= 0.6 is 0 Å². The Morgan fingerprint density at radius 2 is 2.09 bits per heavy atom. The molecule has 2 rings (SSSR count). The number of rotatable bonds is 6. The van der Waals surface area contributed by atoms with Crippen LogP contribution in [0.15, 0.2) is 30.5 Å². The Bertz CT molecular complexity index is 740. The lowest BCUT2D eigenvalue weighted by Crippen LogP contribution is -2.22. The summed E-state index contributed by atoms with van der Waals surface area (Å²) in [5.41, 5.74) is 1.25. The highest BCUT2D eigenvalue weighted by Gasteiger charge is 2.22. The second kappa shape index (κ2) is 6.92. The van der Waals surface area contributed by atoms with Crippen LogP contribution < -0.4 is 0 Å². The van der Waals surface area contributed by atoms with Crippen molar-refractivity contribution in [3.8, 4) is 12.3 Å². The van der Waals surface area contributed by atoms with Crippen LogP contribution in [0.3, 0.4) is 0 Å². The monoisotopic (exact) mass is 298 g/mol. The number of nitrogens with zero attached hydrogens (tertiary/aromatic N) is 2. The van der Waals surface area contributed by atoms with E-state index in [2.05, 4.69) is 15.6 Å². The molecule has 0 unspecified atom stereocenters. The number of carbonyl (C=O) groups excluding carboxylic acids is 2. The van der Waals surface area contributed by atoms with Crippen molar-refractivity contribution in [2.75, 3.05) is 20.7 Å². The van der Waals surface area contributed by atoms with E-state index in [1.165, 1.54) is 7.11 Å². The van der Waals surface area contributed by atoms with E-state index in [-0.39, 0.29) is 0 Å². The van der Waals surface area contributed by atoms with Gasteiger partial charge in [0.15, 0.2) is 0 Å². The first-order valence-corrected chi connectivity index (χ1v) is 6.91. The lowest BCUT2D eigenvalue weighted by atomic mass is 10.1. The van der Waals surface area contributed by atoms with Crippen molar-refractivity contribution in [1.29, 1.82) is 0 Å². The maximum absolute atomic E-state index is 12.1. The molecule has 0 spiro atoms. The number of hydrogen-bond acceptors (Lipinski definition) is 4. The lowest BCUT2D eigenvalue weighted by Gasteiger charge is -2.16. The summed E-state index contributed by atoms with van der Waals surface area (Å²) in [5.74, 6) is 1.11. The summed E-state index contributed by atoms with van der Waals surface area (Å²) in [5, 5.41) is 0.739. The van der Waals surface area contributed by atoms with Crippen LogP contribution in [-0.4, -0.2) is 41.9 Å². The standard InChI is InChI=1S/C17H18N2O3/c1-4-5-10-18(2)12-19-11-14(16(20)17(21)22-3)13-8-6-7-9-15(13)19/h1,6-9,11H,5,10,12H2,2-3H3. The molecule has 5 nitrogen and oxygen atoms in total. The van der Waals surface area contributed by atoms with Crippen molar-refractivity contribution in [2.24, 2.45) is 0 Å². The highest BCUT2D eigenvalue weighted by atomic mass is 16.5. The molecule has 114 valence electrons. The number of ether oxygens (including phenoxy) is 1. The number of terminal acetylenes is 1. The van der Waals surface area contributed by atoms with Gasteiger partial charge in [-0.25, -0.2) is 4.79 Å². The van der Waals surface area contributed by atoms with Crippen LogP contribution in [0.5, 0.6) is 0 Å². The normalized spacial score (nSPS) is 10.6. The second-order valence-electron chi connectivity index (χ2n) is 5.03. The van der Waals surface area contributed by atoms with Gasteiger partial charge in [0.05, 0.1) is 19.3 Å². The third-order valence-corrected chi connectivity index (χ3v) is 3.44. The zero-order valence-electron chi connectivity index (χ0n) is 12.7. The second-order valence-corrected chi connectivity index (χ2v) is 5.03. The van der Waals surface area contributed by atoms with Crippen LogP contribution in [0, 0.1) is 12.3 Å². The zero-order chi connectivity index (χ0) is 16.1. The third kappa shape index (κ3) is 3.18. The van der Waals surface area contributed by atoms with Crippen LogP contribution in [0.25, 0.3) is 10.9 Å². The number of carbonyl (C=O) groups is 2. The summed E-state index contributed by atoms with van der Waals surface area (Å²) in [4.78, 5) is 25.7. The van der Waals surface area contributed by atoms with E-state index in [0.29, 0.717) is 18.7 Å². The molecule has 0 saturated heterocycles. The number of benzene rings is 1. The number of methoxy groups -OCH3 is 1. The maximum Gasteiger partial charge on any atom is 0.379 e. The first-order valence-electron chi connectivity index (χ1n) is 6.91. The molecule has 0 N–H and O–H groups in total. The summed E-state index contributed by atoms with van der Waals surface area (Å²) in [6.45, 7) is 1.33. The molecular formula is C17H18N2O3. The maximum atomic E-state index is 12.1. The van der Waals surface area contributed by atoms with Crippen LogP contribution in [-0.2, 0) is 16.2 Å². The Hall–Kier alpha value is -2.58. The SMILES string of the molecule is C#CCCN(C)Cn1cc(C(=O)C(=O)OC)c2ccccc21. The predicted molar refractivity (Wildman–Crippen MR) is 84.4 cm³/mol. The van der Waals surface area contributed by atoms with E-state index in [9.17, 15) is 9.59 Å². The van der Waals surface area contributed by atoms with E-state index < -0.39 is 11.8 Å². The molecule has 0 atom stereocenters. The fourth-order valence-corrected chi connectivity index (χ4v) is 2.33. The average molecular weight is 298 g/mol. The fraction of sp³-hybridized carbons (Fsp3) is 0.294. The molecule has 0 radical (unpaired) electrons. The minimum absolute atomic E-state index is 0.354. The van der Waals surface area contributed by atoms with E-state index >= 15 is 0 Å². The summed E-state index contributed by atoms with van der Waals surface area (Å²) < 4.78 is 6.46. The number of para-hydroxylation sites is 1. The quantitative estimate of drug-likeness (QED) is 0.354. The van der Waals surface area contributed by atoms with E-state index in [0.717, 1.165) is 17.4 Å². The molecule has 0 bridgehead atoms. The Labute approximate surface area is 129 Å². The molecular weight excluding hydrogens is 280 g/mol. The third-order valence-electron chi connectivity index (χ3n) is 3.44. The molecule has 1 heterocycles. The van der Waals surface area contributed by atoms with Gasteiger partial charge in [0.2, 0.25) is 0 Å². The van der Waals surface area contributed by atoms with E-state index in [4.69, 9.17) is 6.42 Å². The molecule has 5 heteroatoms. The Morgan fingerprint density at radius 3 is 2.77 bits per heavy atom. The first-order chi connectivity index (χ1) is 10.6. The number of ketones is 1. The van der Waals surface area contributed by atoms with Crippen molar-refractivity contribution in [1.82, 2.24) is 9.47 Å². The summed E-state index contributed by atoms with van der Waals surface area (Å²) in [6, 6.07) is 7.47. The zero-order valence-corrected chi connectivity index (χ0v) is 12.7. The number of hydrogen-bond donors (Lipinski definition) is 0. The molecule has 0 fully saturated rings. The van der Waals surface area contributed by atoms with Crippen molar-refractivity contribution in [3.63, 3.8) is 0 Å². The van der Waals surface area contributed by atoms with E-state index in [1.54, 1.807) is 6.20 Å². The highest BCUT2D eigenvalue weighted by molar-refractivity contribution is 6.42. The number of fused-ring (bicyclic) bond motifs is 1. The Morgan fingerprint density at radius 1 is 1.36 bits per heavy atom. The average Bonchev–Trinajstić information content (AvgIpc) is 2.90. The lowest BCUT2D eigenvalue weighted by molar-refractivity contribution is -0.135. The minimum atomic E-state index is -0.858. The van der Waals surface area contributed by atoms with Gasteiger partial charge in [-0.05, 0) is 13.1 Å². The molecule has 0 aliphatic carbocycles. The molecule has 0 saturated carbocycles. The molecule has 0 aliphatic rings. The van der Waals surface area contributed by atoms with Crippen LogP contribution in [0.1, 0.15) is 16.8 Å². The van der Waals surface area contributed by atoms with Crippen molar-refractivity contribution in [2.45, 2.75) is 13.1 Å². The summed E-state index contributed by atoms with van der Waals surface area (Å²) in [7, 11) is 3.15. The molecule has 1 aromatic heterocycles. The number of esters is 1. The minimum Gasteiger partial charge on any atom is -0.463 e. The number of Topliss-reactive ketones (excluding diaryl/α,β-unsaturated/α-hetero) is 1. The van der Waals surface area contributed by atoms with Gasteiger partial charge in [0.25, 0.3) is 5.78 Å². The van der Waals surface area contributed by atoms with E-state index in [1.807, 2.05) is 35.9 Å². The van der Waals surface area contributed by atoms with Gasteiger partial charge in [-0.3, -0.25) is 9.69 Å². The topological polar surface area (TPSA) is 51.5 Å². The summed E-state index contributed by atoms with van der Waals surface area (Å²) in [6.07, 6.45) is 7.62. The smallest absolute Gasteiger partial charge is 0.379 e. The van der Waals surface area contributed by atoms with Crippen LogP contribution in [0.2, 0.25) is 0 Å². The molecule has 0 aliphatic heterocycles. The predicted octanol–water partition coefficient (Wildman–Crippen LogP) is 1.91. The van der Waals surface area contributed by atoms with Gasteiger partial charge in [0.1, 0.15) is 0 Å². The van der Waals surface area contributed by atoms with Crippen molar-refractivity contribution in [3.05, 3.63) is 36.0 Å². The Balaban J connectivity index is 2.38. The van der Waals surface area contributed by atoms with Crippen molar-refractivity contribution >= 4 is 22.7 Å². The van der Waals surface area contributed by atoms with Gasteiger partial charge in [0, 0.05) is 30.1 Å². The van der Waals surface area contributed by atoms with Gasteiger partial charge < -0.3 is 9.30 Å². The molecule has 1 aromatic carbocycles. The molecule has 22 heavy (non-hydrogen) atoms. The molecule has 0 amide bonds. The van der Waals surface area contributed by atoms with Gasteiger partial charge >= 0.3 is 5.97 Å². The Kier molecular flexibility index (Phi) is 4.97. The van der Waals surface area contributed by atoms with Crippen LogP contribution in [0.4, 0.5) is 0 Å². The van der Waals surface area contributed by atoms with Gasteiger partial charge in [-0.1, -0.05) is 18.2 Å². The first kappa shape index (κ1) is 15.8. The van der Waals surface area contributed by atoms with Gasteiger partial charge in [-0.15, -0.1) is 12.3 Å². The highest BCUT2D eigenvalue weighted by Crippen LogP contribution is 2.22. The van der Waals surface area contributed by atoms with Crippen molar-refractivity contribution < 1.29 is 14.3 Å². The van der Waals surface area contributed by atoms with Gasteiger partial charge in [-0.2, -0.15) is 0 Å². The molecule has 2 aromatic rings. The largest absolute Gasteiger partial charge is 0.463 e.